The van der Waals surface area contributed by atoms with Crippen LogP contribution in [-0.2, 0) is 16.1 Å². The first-order valence-electron chi connectivity index (χ1n) is 6.57. The highest BCUT2D eigenvalue weighted by molar-refractivity contribution is 5.20. The van der Waals surface area contributed by atoms with Gasteiger partial charge in [0.25, 0.3) is 0 Å². The molecule has 0 bridgehead atoms. The van der Waals surface area contributed by atoms with Gasteiger partial charge in [-0.3, -0.25) is 0 Å². The summed E-state index contributed by atoms with van der Waals surface area (Å²) in [6.07, 6.45) is 0.152. The van der Waals surface area contributed by atoms with Crippen molar-refractivity contribution in [3.8, 4) is 0 Å². The zero-order valence-electron chi connectivity index (χ0n) is 11.5. The van der Waals surface area contributed by atoms with E-state index in [-0.39, 0.29) is 11.7 Å². The molecular weight excluding hydrogens is 226 g/mol. The molecule has 18 heavy (non-hydrogen) atoms. The molecule has 1 heterocycles. The number of morpholine rings is 1. The second-order valence-corrected chi connectivity index (χ2v) is 5.63. The lowest BCUT2D eigenvalue weighted by Gasteiger charge is -2.36. The van der Waals surface area contributed by atoms with Gasteiger partial charge in [0.05, 0.1) is 24.9 Å². The summed E-state index contributed by atoms with van der Waals surface area (Å²) in [5.74, 6) is 0. The quantitative estimate of drug-likeness (QED) is 0.888. The fourth-order valence-corrected chi connectivity index (χ4v) is 2.15. The Morgan fingerprint density at radius 1 is 1.33 bits per heavy atom. The average Bonchev–Trinajstić information content (AvgIpc) is 2.30. The van der Waals surface area contributed by atoms with E-state index < -0.39 is 0 Å². The Morgan fingerprint density at radius 3 is 2.72 bits per heavy atom. The van der Waals surface area contributed by atoms with Crippen LogP contribution in [0.15, 0.2) is 24.3 Å². The average molecular weight is 249 g/mol. The highest BCUT2D eigenvalue weighted by atomic mass is 16.5. The molecule has 2 rings (SSSR count). The molecule has 3 nitrogen and oxygen atoms in total. The zero-order valence-corrected chi connectivity index (χ0v) is 11.5. The number of ether oxygens (including phenoxy) is 2. The molecule has 1 aliphatic rings. The molecule has 0 aromatic heterocycles. The van der Waals surface area contributed by atoms with E-state index in [0.29, 0.717) is 13.2 Å². The number of rotatable bonds is 4. The van der Waals surface area contributed by atoms with E-state index in [1.54, 1.807) is 0 Å². The Kier molecular flexibility index (Phi) is 4.38. The van der Waals surface area contributed by atoms with Crippen molar-refractivity contribution in [3.05, 3.63) is 35.4 Å². The molecule has 1 N–H and O–H groups in total. The second kappa shape index (κ2) is 5.83. The van der Waals surface area contributed by atoms with Crippen molar-refractivity contribution in [2.24, 2.45) is 0 Å². The van der Waals surface area contributed by atoms with Crippen molar-refractivity contribution in [2.75, 3.05) is 19.7 Å². The van der Waals surface area contributed by atoms with Crippen molar-refractivity contribution < 1.29 is 9.47 Å². The molecule has 1 fully saturated rings. The third-order valence-electron chi connectivity index (χ3n) is 3.10. The van der Waals surface area contributed by atoms with Gasteiger partial charge in [0.15, 0.2) is 0 Å². The molecule has 1 aromatic rings. The molecule has 0 aliphatic carbocycles. The van der Waals surface area contributed by atoms with E-state index in [1.165, 1.54) is 11.1 Å². The third kappa shape index (κ3) is 4.09. The first kappa shape index (κ1) is 13.5. The topological polar surface area (TPSA) is 30.5 Å². The third-order valence-corrected chi connectivity index (χ3v) is 3.10. The summed E-state index contributed by atoms with van der Waals surface area (Å²) in [5.41, 5.74) is 2.40. The Balaban J connectivity index is 1.73. The van der Waals surface area contributed by atoms with Gasteiger partial charge in [-0.15, -0.1) is 0 Å². The minimum atomic E-state index is -0.0872. The summed E-state index contributed by atoms with van der Waals surface area (Å²) < 4.78 is 11.7. The Morgan fingerprint density at radius 2 is 2.06 bits per heavy atom. The molecule has 1 saturated heterocycles. The molecule has 100 valence electrons. The van der Waals surface area contributed by atoms with Crippen LogP contribution in [0.4, 0.5) is 0 Å². The smallest absolute Gasteiger partial charge is 0.0940 e. The summed E-state index contributed by atoms with van der Waals surface area (Å²) in [7, 11) is 0. The summed E-state index contributed by atoms with van der Waals surface area (Å²) in [5, 5.41) is 3.38. The van der Waals surface area contributed by atoms with Crippen LogP contribution >= 0.6 is 0 Å². The number of nitrogens with one attached hydrogen (secondary N) is 1. The molecule has 3 heteroatoms. The van der Waals surface area contributed by atoms with Crippen LogP contribution in [0.2, 0.25) is 0 Å². The Hall–Kier alpha value is -0.900. The van der Waals surface area contributed by atoms with Crippen molar-refractivity contribution in [2.45, 2.75) is 39.1 Å². The highest BCUT2D eigenvalue weighted by Crippen LogP contribution is 2.15. The van der Waals surface area contributed by atoms with Gasteiger partial charge < -0.3 is 14.8 Å². The Bertz CT molecular complexity index is 373. The van der Waals surface area contributed by atoms with Crippen molar-refractivity contribution in [3.63, 3.8) is 0 Å². The van der Waals surface area contributed by atoms with Crippen molar-refractivity contribution in [1.29, 1.82) is 0 Å². The fourth-order valence-electron chi connectivity index (χ4n) is 2.15. The fraction of sp³-hybridized carbons (Fsp3) is 0.600. The van der Waals surface area contributed by atoms with E-state index >= 15 is 0 Å². The molecule has 0 amide bonds. The minimum absolute atomic E-state index is 0.0872. The highest BCUT2D eigenvalue weighted by Gasteiger charge is 2.28. The van der Waals surface area contributed by atoms with Gasteiger partial charge >= 0.3 is 0 Å². The van der Waals surface area contributed by atoms with E-state index in [9.17, 15) is 0 Å². The van der Waals surface area contributed by atoms with Crippen LogP contribution in [0.25, 0.3) is 0 Å². The summed E-state index contributed by atoms with van der Waals surface area (Å²) in [6.45, 7) is 9.37. The van der Waals surface area contributed by atoms with Gasteiger partial charge in [-0.05, 0) is 26.3 Å². The van der Waals surface area contributed by atoms with Gasteiger partial charge in [-0.1, -0.05) is 29.8 Å². The Labute approximate surface area is 109 Å². The van der Waals surface area contributed by atoms with Crippen LogP contribution in [0.3, 0.4) is 0 Å². The van der Waals surface area contributed by atoms with E-state index in [4.69, 9.17) is 9.47 Å². The van der Waals surface area contributed by atoms with E-state index in [1.807, 2.05) is 0 Å². The number of benzene rings is 1. The van der Waals surface area contributed by atoms with Gasteiger partial charge in [-0.25, -0.2) is 0 Å². The standard InChI is InChI=1S/C15H23NO2/c1-12-4-6-13(7-5-12)9-17-10-14-8-16-11-15(2,3)18-14/h4-7,14,16H,8-11H2,1-3H3. The SMILES string of the molecule is Cc1ccc(COCC2CNCC(C)(C)O2)cc1. The minimum Gasteiger partial charge on any atom is -0.374 e. The second-order valence-electron chi connectivity index (χ2n) is 5.63. The van der Waals surface area contributed by atoms with Crippen molar-refractivity contribution >= 4 is 0 Å². The van der Waals surface area contributed by atoms with Gasteiger partial charge in [0.2, 0.25) is 0 Å². The molecule has 1 aromatic carbocycles. The molecule has 1 aliphatic heterocycles. The molecule has 1 atom stereocenters. The van der Waals surface area contributed by atoms with Crippen LogP contribution in [0.1, 0.15) is 25.0 Å². The maximum Gasteiger partial charge on any atom is 0.0940 e. The normalized spacial score (nSPS) is 22.9. The summed E-state index contributed by atoms with van der Waals surface area (Å²) >= 11 is 0. The predicted molar refractivity (Wildman–Crippen MR) is 72.7 cm³/mol. The van der Waals surface area contributed by atoms with E-state index in [0.717, 1.165) is 13.1 Å². The molecule has 1 unspecified atom stereocenters. The van der Waals surface area contributed by atoms with Crippen LogP contribution in [-0.4, -0.2) is 31.4 Å². The van der Waals surface area contributed by atoms with Crippen LogP contribution < -0.4 is 5.32 Å². The molecule has 0 radical (unpaired) electrons. The van der Waals surface area contributed by atoms with Gasteiger partial charge in [-0.2, -0.15) is 0 Å². The first-order valence-corrected chi connectivity index (χ1v) is 6.57. The maximum atomic E-state index is 5.94. The lowest BCUT2D eigenvalue weighted by atomic mass is 10.1. The lowest BCUT2D eigenvalue weighted by Crippen LogP contribution is -2.51. The van der Waals surface area contributed by atoms with Crippen LogP contribution in [0, 0.1) is 6.92 Å². The van der Waals surface area contributed by atoms with Gasteiger partial charge in [0, 0.05) is 13.1 Å². The number of aryl methyl sites for hydroxylation is 1. The summed E-state index contributed by atoms with van der Waals surface area (Å²) in [4.78, 5) is 0. The lowest BCUT2D eigenvalue weighted by molar-refractivity contribution is -0.122. The zero-order chi connectivity index (χ0) is 13.0. The largest absolute Gasteiger partial charge is 0.374 e. The number of hydrogen-bond acceptors (Lipinski definition) is 3. The van der Waals surface area contributed by atoms with Crippen LogP contribution in [0.5, 0.6) is 0 Å². The molecular formula is C15H23NO2. The van der Waals surface area contributed by atoms with Crippen molar-refractivity contribution in [1.82, 2.24) is 5.32 Å². The monoisotopic (exact) mass is 249 g/mol. The molecule has 0 spiro atoms. The summed E-state index contributed by atoms with van der Waals surface area (Å²) in [6, 6.07) is 8.44. The number of hydrogen-bond donors (Lipinski definition) is 1. The maximum absolute atomic E-state index is 5.94. The first-order chi connectivity index (χ1) is 8.55. The molecule has 0 saturated carbocycles. The van der Waals surface area contributed by atoms with E-state index in [2.05, 4.69) is 50.4 Å². The predicted octanol–water partition coefficient (Wildman–Crippen LogP) is 2.28. The van der Waals surface area contributed by atoms with Gasteiger partial charge in [0.1, 0.15) is 0 Å².